The zero-order valence-electron chi connectivity index (χ0n) is 16.1. The summed E-state index contributed by atoms with van der Waals surface area (Å²) >= 11 is 0. The second-order valence-electron chi connectivity index (χ2n) is 8.45. The van der Waals surface area contributed by atoms with Crippen LogP contribution in [0.15, 0.2) is 24.3 Å². The maximum absolute atomic E-state index is 13.0. The van der Waals surface area contributed by atoms with Crippen LogP contribution in [-0.4, -0.2) is 61.1 Å². The van der Waals surface area contributed by atoms with Gasteiger partial charge in [-0.25, -0.2) is 0 Å². The molecule has 3 heterocycles. The van der Waals surface area contributed by atoms with Crippen LogP contribution in [-0.2, 0) is 11.2 Å². The molecule has 26 heavy (non-hydrogen) atoms. The highest BCUT2D eigenvalue weighted by atomic mass is 16.5. The average molecular weight is 357 g/mol. The average Bonchev–Trinajstić information content (AvgIpc) is 3.33. The first-order chi connectivity index (χ1) is 12.7. The minimum absolute atomic E-state index is 0.213. The molecular formula is C22H32N2O2. The first kappa shape index (κ1) is 18.0. The summed E-state index contributed by atoms with van der Waals surface area (Å²) in [5.74, 6) is 0.213. The summed E-state index contributed by atoms with van der Waals surface area (Å²) in [6.07, 6.45) is 7.34. The molecule has 1 spiro atoms. The van der Waals surface area contributed by atoms with Crippen LogP contribution >= 0.6 is 0 Å². The minimum Gasteiger partial charge on any atom is -0.376 e. The molecule has 3 aliphatic rings. The predicted molar refractivity (Wildman–Crippen MR) is 103 cm³/mol. The SMILES string of the molecule is CCc1ccccc1C(=O)N1CCC2(CC1)COC(CN1CCCC1)C2. The lowest BCUT2D eigenvalue weighted by atomic mass is 9.76. The summed E-state index contributed by atoms with van der Waals surface area (Å²) in [7, 11) is 0. The molecule has 3 fully saturated rings. The smallest absolute Gasteiger partial charge is 0.254 e. The van der Waals surface area contributed by atoms with Gasteiger partial charge in [-0.1, -0.05) is 25.1 Å². The van der Waals surface area contributed by atoms with Crippen molar-refractivity contribution in [2.45, 2.75) is 51.6 Å². The van der Waals surface area contributed by atoms with Crippen molar-refractivity contribution in [3.63, 3.8) is 0 Å². The number of rotatable bonds is 4. The molecule has 1 unspecified atom stereocenters. The number of hydrogen-bond donors (Lipinski definition) is 0. The van der Waals surface area contributed by atoms with Gasteiger partial charge in [0.15, 0.2) is 0 Å². The Morgan fingerprint density at radius 1 is 1.15 bits per heavy atom. The van der Waals surface area contributed by atoms with Crippen LogP contribution in [0.4, 0.5) is 0 Å². The third kappa shape index (κ3) is 3.67. The van der Waals surface area contributed by atoms with Crippen molar-refractivity contribution in [3.8, 4) is 0 Å². The Bertz CT molecular complexity index is 631. The molecule has 1 atom stereocenters. The van der Waals surface area contributed by atoms with Crippen molar-refractivity contribution in [3.05, 3.63) is 35.4 Å². The number of amides is 1. The summed E-state index contributed by atoms with van der Waals surface area (Å²) in [6, 6.07) is 8.06. The summed E-state index contributed by atoms with van der Waals surface area (Å²) in [5, 5.41) is 0. The fourth-order valence-electron chi connectivity index (χ4n) is 5.01. The van der Waals surface area contributed by atoms with E-state index in [9.17, 15) is 4.79 Å². The molecular weight excluding hydrogens is 324 g/mol. The molecule has 1 amide bonds. The first-order valence-corrected chi connectivity index (χ1v) is 10.4. The second-order valence-corrected chi connectivity index (χ2v) is 8.45. The van der Waals surface area contributed by atoms with E-state index < -0.39 is 0 Å². The Morgan fingerprint density at radius 2 is 1.88 bits per heavy atom. The molecule has 3 saturated heterocycles. The van der Waals surface area contributed by atoms with Crippen LogP contribution in [0.3, 0.4) is 0 Å². The second kappa shape index (κ2) is 7.69. The van der Waals surface area contributed by atoms with Crippen molar-refractivity contribution in [1.82, 2.24) is 9.80 Å². The van der Waals surface area contributed by atoms with Gasteiger partial charge in [0.2, 0.25) is 0 Å². The van der Waals surface area contributed by atoms with E-state index in [2.05, 4.69) is 22.8 Å². The number of carbonyl (C=O) groups excluding carboxylic acids is 1. The van der Waals surface area contributed by atoms with Gasteiger partial charge < -0.3 is 14.5 Å². The largest absolute Gasteiger partial charge is 0.376 e. The van der Waals surface area contributed by atoms with Crippen molar-refractivity contribution in [2.24, 2.45) is 5.41 Å². The Morgan fingerprint density at radius 3 is 2.62 bits per heavy atom. The molecule has 142 valence electrons. The van der Waals surface area contributed by atoms with E-state index in [-0.39, 0.29) is 5.91 Å². The third-order valence-electron chi connectivity index (χ3n) is 6.69. The van der Waals surface area contributed by atoms with Gasteiger partial charge in [0.1, 0.15) is 0 Å². The van der Waals surface area contributed by atoms with Crippen molar-refractivity contribution < 1.29 is 9.53 Å². The lowest BCUT2D eigenvalue weighted by Crippen LogP contribution is -2.44. The summed E-state index contributed by atoms with van der Waals surface area (Å²) in [5.41, 5.74) is 2.36. The summed E-state index contributed by atoms with van der Waals surface area (Å²) < 4.78 is 6.18. The van der Waals surface area contributed by atoms with Crippen LogP contribution in [0.25, 0.3) is 0 Å². The zero-order chi connectivity index (χ0) is 18.0. The zero-order valence-corrected chi connectivity index (χ0v) is 16.1. The summed E-state index contributed by atoms with van der Waals surface area (Å²) in [6.45, 7) is 8.34. The van der Waals surface area contributed by atoms with Gasteiger partial charge in [0.25, 0.3) is 5.91 Å². The Kier molecular flexibility index (Phi) is 5.32. The molecule has 0 radical (unpaired) electrons. The van der Waals surface area contributed by atoms with E-state index >= 15 is 0 Å². The van der Waals surface area contributed by atoms with Gasteiger partial charge in [-0.2, -0.15) is 0 Å². The van der Waals surface area contributed by atoms with E-state index in [1.54, 1.807) is 0 Å². The van der Waals surface area contributed by atoms with Crippen LogP contribution in [0.1, 0.15) is 54.9 Å². The predicted octanol–water partition coefficient (Wildman–Crippen LogP) is 3.36. The quantitative estimate of drug-likeness (QED) is 0.829. The monoisotopic (exact) mass is 356 g/mol. The topological polar surface area (TPSA) is 32.8 Å². The molecule has 3 aliphatic heterocycles. The van der Waals surface area contributed by atoms with Gasteiger partial charge >= 0.3 is 0 Å². The lowest BCUT2D eigenvalue weighted by Gasteiger charge is -2.38. The molecule has 1 aromatic rings. The maximum Gasteiger partial charge on any atom is 0.254 e. The molecule has 0 aromatic heterocycles. The Balaban J connectivity index is 1.33. The highest BCUT2D eigenvalue weighted by molar-refractivity contribution is 5.95. The lowest BCUT2D eigenvalue weighted by molar-refractivity contribution is 0.0459. The minimum atomic E-state index is 0.213. The molecule has 0 bridgehead atoms. The van der Waals surface area contributed by atoms with Gasteiger partial charge in [-0.3, -0.25) is 4.79 Å². The highest BCUT2D eigenvalue weighted by Gasteiger charge is 2.43. The van der Waals surface area contributed by atoms with Crippen LogP contribution in [0.2, 0.25) is 0 Å². The molecule has 0 saturated carbocycles. The van der Waals surface area contributed by atoms with Crippen LogP contribution < -0.4 is 0 Å². The van der Waals surface area contributed by atoms with Crippen molar-refractivity contribution in [1.29, 1.82) is 0 Å². The Labute approximate surface area is 157 Å². The highest BCUT2D eigenvalue weighted by Crippen LogP contribution is 2.42. The number of piperidine rings is 1. The number of ether oxygens (including phenoxy) is 1. The number of aryl methyl sites for hydroxylation is 1. The van der Waals surface area contributed by atoms with E-state index in [0.717, 1.165) is 56.6 Å². The standard InChI is InChI=1S/C22H32N2O2/c1-2-18-7-3-4-8-20(18)21(25)24-13-9-22(10-14-24)15-19(26-17-22)16-23-11-5-6-12-23/h3-4,7-8,19H,2,5-6,9-17H2,1H3. The molecule has 4 rings (SSSR count). The molecule has 0 N–H and O–H groups in total. The third-order valence-corrected chi connectivity index (χ3v) is 6.69. The number of likely N-dealkylation sites (tertiary alicyclic amines) is 2. The normalized spacial score (nSPS) is 25.9. The number of carbonyl (C=O) groups is 1. The number of benzene rings is 1. The first-order valence-electron chi connectivity index (χ1n) is 10.4. The van der Waals surface area contributed by atoms with E-state index in [1.807, 2.05) is 18.2 Å². The molecule has 0 aliphatic carbocycles. The van der Waals surface area contributed by atoms with Crippen molar-refractivity contribution in [2.75, 3.05) is 39.3 Å². The maximum atomic E-state index is 13.0. The van der Waals surface area contributed by atoms with Gasteiger partial charge in [-0.05, 0) is 68.7 Å². The van der Waals surface area contributed by atoms with Crippen LogP contribution in [0.5, 0.6) is 0 Å². The molecule has 4 nitrogen and oxygen atoms in total. The fraction of sp³-hybridized carbons (Fsp3) is 0.682. The van der Waals surface area contributed by atoms with Gasteiger partial charge in [-0.15, -0.1) is 0 Å². The molecule has 4 heteroatoms. The number of hydrogen-bond acceptors (Lipinski definition) is 3. The van der Waals surface area contributed by atoms with Crippen LogP contribution in [0, 0.1) is 5.41 Å². The van der Waals surface area contributed by atoms with E-state index in [1.165, 1.54) is 32.4 Å². The Hall–Kier alpha value is -1.39. The molecule has 1 aromatic carbocycles. The fourth-order valence-corrected chi connectivity index (χ4v) is 5.01. The van der Waals surface area contributed by atoms with Gasteiger partial charge in [0.05, 0.1) is 12.7 Å². The van der Waals surface area contributed by atoms with Gasteiger partial charge in [0, 0.05) is 25.2 Å². The number of nitrogens with zero attached hydrogens (tertiary/aromatic N) is 2. The van der Waals surface area contributed by atoms with E-state index in [4.69, 9.17) is 4.74 Å². The summed E-state index contributed by atoms with van der Waals surface area (Å²) in [4.78, 5) is 17.6. The van der Waals surface area contributed by atoms with Crippen molar-refractivity contribution >= 4 is 5.91 Å². The van der Waals surface area contributed by atoms with E-state index in [0.29, 0.717) is 11.5 Å².